The van der Waals surface area contributed by atoms with Crippen LogP contribution in [-0.4, -0.2) is 64.9 Å². The summed E-state index contributed by atoms with van der Waals surface area (Å²) in [5, 5.41) is 6.57. The van der Waals surface area contributed by atoms with Gasteiger partial charge in [0, 0.05) is 33.6 Å². The molecule has 0 aliphatic carbocycles. The van der Waals surface area contributed by atoms with Crippen LogP contribution in [0.1, 0.15) is 12.2 Å². The van der Waals surface area contributed by atoms with Crippen molar-refractivity contribution in [3.8, 4) is 22.6 Å². The number of urea groups is 1. The van der Waals surface area contributed by atoms with Crippen molar-refractivity contribution in [2.75, 3.05) is 34.3 Å². The predicted octanol–water partition coefficient (Wildman–Crippen LogP) is 2.92. The normalized spacial score (nSPS) is 15.8. The second kappa shape index (κ2) is 8.86. The lowest BCUT2D eigenvalue weighted by Crippen LogP contribution is -2.37. The Morgan fingerprint density at radius 2 is 1.94 bits per heavy atom. The van der Waals surface area contributed by atoms with Gasteiger partial charge < -0.3 is 14.5 Å². The third-order valence-electron chi connectivity index (χ3n) is 5.76. The van der Waals surface area contributed by atoms with Crippen molar-refractivity contribution in [3.63, 3.8) is 0 Å². The maximum Gasteiger partial charge on any atom is 0.348 e. The van der Waals surface area contributed by atoms with Gasteiger partial charge in [-0.15, -0.1) is 0 Å². The third-order valence-corrected chi connectivity index (χ3v) is 5.76. The van der Waals surface area contributed by atoms with Crippen LogP contribution in [0.3, 0.4) is 0 Å². The quantitative estimate of drug-likeness (QED) is 0.663. The summed E-state index contributed by atoms with van der Waals surface area (Å²) in [6, 6.07) is 12.1. The maximum absolute atomic E-state index is 15.1. The highest BCUT2D eigenvalue weighted by molar-refractivity contribution is 5.74. The monoisotopic (exact) mass is 439 g/mol. The van der Waals surface area contributed by atoms with Crippen LogP contribution in [-0.2, 0) is 6.42 Å². The van der Waals surface area contributed by atoms with E-state index in [0.29, 0.717) is 30.9 Å². The van der Waals surface area contributed by atoms with Crippen molar-refractivity contribution in [1.82, 2.24) is 24.6 Å². The number of carbonyl (C=O) groups excluding carboxylic acids is 1. The fourth-order valence-electron chi connectivity index (χ4n) is 4.08. The molecule has 2 aromatic carbocycles. The van der Waals surface area contributed by atoms with E-state index in [1.165, 1.54) is 10.6 Å². The van der Waals surface area contributed by atoms with E-state index < -0.39 is 11.5 Å². The molecular formula is C23H26FN5O3. The molecule has 0 bridgehead atoms. The average molecular weight is 439 g/mol. The van der Waals surface area contributed by atoms with Gasteiger partial charge in [-0.05, 0) is 47.7 Å². The Morgan fingerprint density at radius 1 is 1.22 bits per heavy atom. The number of aromatic amines is 1. The number of nitrogens with zero attached hydrogens (tertiary/aromatic N) is 4. The van der Waals surface area contributed by atoms with E-state index in [4.69, 9.17) is 4.74 Å². The van der Waals surface area contributed by atoms with Gasteiger partial charge >= 0.3 is 11.7 Å². The Hall–Kier alpha value is -3.62. The van der Waals surface area contributed by atoms with Gasteiger partial charge in [-0.2, -0.15) is 5.10 Å². The van der Waals surface area contributed by atoms with Gasteiger partial charge in [-0.3, -0.25) is 0 Å². The molecule has 1 aromatic heterocycles. The number of hydrogen-bond acceptors (Lipinski definition) is 4. The molecular weight excluding hydrogens is 413 g/mol. The first kappa shape index (κ1) is 21.6. The molecule has 1 N–H and O–H groups in total. The van der Waals surface area contributed by atoms with Gasteiger partial charge in [0.25, 0.3) is 0 Å². The van der Waals surface area contributed by atoms with Gasteiger partial charge in [0.1, 0.15) is 17.4 Å². The number of hydrogen-bond donors (Lipinski definition) is 1. The van der Waals surface area contributed by atoms with Crippen LogP contribution < -0.4 is 10.4 Å². The molecule has 32 heavy (non-hydrogen) atoms. The summed E-state index contributed by atoms with van der Waals surface area (Å²) in [5.41, 5.74) is 1.19. The Bertz CT molecular complexity index is 1170. The summed E-state index contributed by atoms with van der Waals surface area (Å²) in [6.07, 6.45) is 1.27. The second-order valence-corrected chi connectivity index (χ2v) is 8.16. The Balaban J connectivity index is 1.56. The van der Waals surface area contributed by atoms with E-state index >= 15 is 4.39 Å². The zero-order valence-electron chi connectivity index (χ0n) is 18.3. The molecule has 0 saturated carbocycles. The smallest absolute Gasteiger partial charge is 0.348 e. The summed E-state index contributed by atoms with van der Waals surface area (Å²) in [7, 11) is 5.03. The molecule has 168 valence electrons. The molecule has 3 aromatic rings. The first-order chi connectivity index (χ1) is 15.4. The number of benzene rings is 2. The number of likely N-dealkylation sites (tertiary alicyclic amines) is 1. The molecule has 2 heterocycles. The highest BCUT2D eigenvalue weighted by Gasteiger charge is 2.29. The molecule has 1 fully saturated rings. The van der Waals surface area contributed by atoms with Crippen molar-refractivity contribution >= 4 is 6.03 Å². The van der Waals surface area contributed by atoms with Crippen LogP contribution in [0.2, 0.25) is 0 Å². The highest BCUT2D eigenvalue weighted by atomic mass is 19.1. The van der Waals surface area contributed by atoms with Gasteiger partial charge in [0.05, 0.1) is 12.8 Å². The molecule has 9 heteroatoms. The van der Waals surface area contributed by atoms with Crippen LogP contribution in [0.25, 0.3) is 16.8 Å². The zero-order chi connectivity index (χ0) is 22.8. The van der Waals surface area contributed by atoms with Crippen LogP contribution in [0, 0.1) is 11.7 Å². The van der Waals surface area contributed by atoms with Crippen molar-refractivity contribution in [2.45, 2.75) is 12.8 Å². The van der Waals surface area contributed by atoms with E-state index in [-0.39, 0.29) is 17.6 Å². The van der Waals surface area contributed by atoms with Crippen LogP contribution in [0.4, 0.5) is 9.18 Å². The Kier molecular flexibility index (Phi) is 5.98. The summed E-state index contributed by atoms with van der Waals surface area (Å²) in [5.74, 6) is 0.807. The van der Waals surface area contributed by atoms with Crippen molar-refractivity contribution in [1.29, 1.82) is 0 Å². The molecule has 1 unspecified atom stereocenters. The molecule has 1 aliphatic rings. The maximum atomic E-state index is 15.1. The molecule has 4 rings (SSSR count). The molecule has 0 spiro atoms. The van der Waals surface area contributed by atoms with Crippen LogP contribution >= 0.6 is 0 Å². The lowest BCUT2D eigenvalue weighted by molar-refractivity contribution is 0.180. The zero-order valence-corrected chi connectivity index (χ0v) is 18.3. The average Bonchev–Trinajstić information content (AvgIpc) is 3.40. The highest BCUT2D eigenvalue weighted by Crippen LogP contribution is 2.27. The fourth-order valence-corrected chi connectivity index (χ4v) is 4.08. The third kappa shape index (κ3) is 4.23. The van der Waals surface area contributed by atoms with Crippen LogP contribution in [0.15, 0.2) is 47.3 Å². The first-order valence-electron chi connectivity index (χ1n) is 10.4. The molecule has 8 nitrogen and oxygen atoms in total. The molecule has 1 aliphatic heterocycles. The Morgan fingerprint density at radius 3 is 2.59 bits per heavy atom. The standard InChI is InChI=1S/C23H26FN5O3/c1-27(2)23(31)28-11-10-15(14-28)12-21-25-26-22(30)29(21)20-9-6-17(13-19(20)24)16-4-7-18(32-3)8-5-16/h4-9,13,15H,10-12,14H2,1-3H3,(H,26,30). The summed E-state index contributed by atoms with van der Waals surface area (Å²) >= 11 is 0. The molecule has 1 saturated heterocycles. The van der Waals surface area contributed by atoms with Crippen molar-refractivity contribution in [3.05, 3.63) is 64.6 Å². The lowest BCUT2D eigenvalue weighted by atomic mass is 10.0. The number of nitrogens with one attached hydrogen (secondary N) is 1. The first-order valence-corrected chi connectivity index (χ1v) is 10.4. The van der Waals surface area contributed by atoms with E-state index in [9.17, 15) is 9.59 Å². The molecule has 0 radical (unpaired) electrons. The number of ether oxygens (including phenoxy) is 1. The van der Waals surface area contributed by atoms with Gasteiger partial charge in [0.2, 0.25) is 0 Å². The van der Waals surface area contributed by atoms with E-state index in [2.05, 4.69) is 10.2 Å². The number of rotatable bonds is 5. The van der Waals surface area contributed by atoms with E-state index in [1.807, 2.05) is 24.3 Å². The number of methoxy groups -OCH3 is 1. The van der Waals surface area contributed by atoms with Gasteiger partial charge in [-0.25, -0.2) is 23.6 Å². The van der Waals surface area contributed by atoms with Crippen molar-refractivity contribution in [2.24, 2.45) is 5.92 Å². The summed E-state index contributed by atoms with van der Waals surface area (Å²) in [4.78, 5) is 28.0. The second-order valence-electron chi connectivity index (χ2n) is 8.16. The molecule has 1 atom stereocenters. The fraction of sp³-hybridized carbons (Fsp3) is 0.348. The minimum absolute atomic E-state index is 0.0351. The lowest BCUT2D eigenvalue weighted by Gasteiger charge is -2.21. The van der Waals surface area contributed by atoms with Crippen LogP contribution in [0.5, 0.6) is 5.75 Å². The molecule has 2 amide bonds. The van der Waals surface area contributed by atoms with Gasteiger partial charge in [-0.1, -0.05) is 18.2 Å². The van der Waals surface area contributed by atoms with E-state index in [0.717, 1.165) is 17.7 Å². The van der Waals surface area contributed by atoms with E-state index in [1.54, 1.807) is 43.1 Å². The number of amides is 2. The Labute approximate surface area is 185 Å². The minimum atomic E-state index is -0.515. The predicted molar refractivity (Wildman–Crippen MR) is 119 cm³/mol. The number of carbonyl (C=O) groups is 1. The number of aromatic nitrogens is 3. The summed E-state index contributed by atoms with van der Waals surface area (Å²) < 4.78 is 21.5. The SMILES string of the molecule is COc1ccc(-c2ccc(-n3c(CC4CCN(C(=O)N(C)C)C4)n[nH]c3=O)c(F)c2)cc1. The summed E-state index contributed by atoms with van der Waals surface area (Å²) in [6.45, 7) is 1.23. The number of H-pyrrole nitrogens is 1. The minimum Gasteiger partial charge on any atom is -0.497 e. The van der Waals surface area contributed by atoms with Gasteiger partial charge in [0.15, 0.2) is 0 Å². The largest absolute Gasteiger partial charge is 0.497 e. The van der Waals surface area contributed by atoms with Crippen molar-refractivity contribution < 1.29 is 13.9 Å². The number of halogens is 1. The topological polar surface area (TPSA) is 83.5 Å².